The van der Waals surface area contributed by atoms with Crippen LogP contribution in [0.1, 0.15) is 165 Å². The second-order valence-electron chi connectivity index (χ2n) is 27.9. The lowest BCUT2D eigenvalue weighted by Crippen LogP contribution is -2.18. The van der Waals surface area contributed by atoms with E-state index in [1.54, 1.807) is 57.7 Å². The molecule has 18 nitrogen and oxygen atoms in total. The second kappa shape index (κ2) is 29.4. The van der Waals surface area contributed by atoms with Crippen molar-refractivity contribution in [3.63, 3.8) is 0 Å². The number of methoxy groups -OCH3 is 3. The van der Waals surface area contributed by atoms with E-state index in [0.717, 1.165) is 69.7 Å². The molecular formula is C72H96N6O12. The van der Waals surface area contributed by atoms with E-state index in [1.165, 1.54) is 0 Å². The first-order chi connectivity index (χ1) is 42.3. The van der Waals surface area contributed by atoms with E-state index in [9.17, 15) is 30.3 Å². The van der Waals surface area contributed by atoms with Crippen LogP contribution in [0.4, 0.5) is 17.1 Å². The predicted octanol–water partition coefficient (Wildman–Crippen LogP) is 14.2. The molecule has 18 heteroatoms. The van der Waals surface area contributed by atoms with Gasteiger partial charge in [-0.3, -0.25) is 30.3 Å². The Balaban J connectivity index is 1.67. The van der Waals surface area contributed by atoms with Gasteiger partial charge in [0.05, 0.1) is 55.9 Å². The minimum absolute atomic E-state index is 0.132. The van der Waals surface area contributed by atoms with Crippen molar-refractivity contribution < 1.29 is 43.2 Å². The van der Waals surface area contributed by atoms with Crippen molar-refractivity contribution in [2.45, 2.75) is 136 Å². The fraction of sp³-hybridized carbons (Fsp3) is 0.500. The molecule has 1 aliphatic rings. The van der Waals surface area contributed by atoms with Crippen LogP contribution in [-0.2, 0) is 54.8 Å². The van der Waals surface area contributed by atoms with E-state index < -0.39 is 16.2 Å². The van der Waals surface area contributed by atoms with Crippen LogP contribution < -0.4 is 28.4 Å². The van der Waals surface area contributed by atoms with Crippen molar-refractivity contribution in [2.75, 3.05) is 103 Å². The van der Waals surface area contributed by atoms with Gasteiger partial charge in [0, 0.05) is 128 Å². The summed E-state index contributed by atoms with van der Waals surface area (Å²) in [7, 11) is 16.8. The SMILES string of the molecule is COc1c2cc([N+](=O)[O-])cc1Cc1cc(C(C)(C)C)cc(c1OCCCN(C)C)Cc1cc([N+](=O)[O-])cc(c1OC)Cc1cc(C(C)(C)C)cc(c1OCCCN(C)C)Cc1cc([N+](=O)[O-])cc(c1OC)Cc1cc(C(C)(C)C)cc(c1OCCCN(C)C)C2. The van der Waals surface area contributed by atoms with Crippen LogP contribution in [0.5, 0.6) is 34.5 Å². The average Bonchev–Trinajstić information content (AvgIpc) is 0.816. The highest BCUT2D eigenvalue weighted by Gasteiger charge is 2.31. The highest BCUT2D eigenvalue weighted by Crippen LogP contribution is 2.46. The molecule has 0 amide bonds. The Kier molecular flexibility index (Phi) is 22.8. The highest BCUT2D eigenvalue weighted by molar-refractivity contribution is 5.63. The van der Waals surface area contributed by atoms with E-state index in [1.807, 2.05) is 42.3 Å². The molecule has 0 N–H and O–H groups in total. The van der Waals surface area contributed by atoms with E-state index in [0.29, 0.717) is 107 Å². The van der Waals surface area contributed by atoms with Crippen LogP contribution in [0.25, 0.3) is 0 Å². The van der Waals surface area contributed by atoms with Gasteiger partial charge in [0.25, 0.3) is 17.1 Å². The van der Waals surface area contributed by atoms with Crippen molar-refractivity contribution in [3.05, 3.63) is 187 Å². The number of fused-ring (bicyclic) bond motifs is 12. The Labute approximate surface area is 533 Å². The Morgan fingerprint density at radius 3 is 0.656 bits per heavy atom. The first kappa shape index (κ1) is 69.7. The van der Waals surface area contributed by atoms with Gasteiger partial charge in [-0.05, 0) is 128 Å². The van der Waals surface area contributed by atoms with E-state index in [-0.39, 0.29) is 70.4 Å². The molecule has 0 radical (unpaired) electrons. The maximum absolute atomic E-state index is 13.3. The van der Waals surface area contributed by atoms with Crippen LogP contribution in [-0.4, -0.2) is 133 Å². The molecule has 0 saturated carbocycles. The molecule has 486 valence electrons. The number of benzene rings is 6. The van der Waals surface area contributed by atoms with Gasteiger partial charge >= 0.3 is 0 Å². The summed E-state index contributed by atoms with van der Waals surface area (Å²) in [5.74, 6) is 3.04. The summed E-state index contributed by atoms with van der Waals surface area (Å²) in [5, 5.41) is 39.8. The molecule has 0 heterocycles. The fourth-order valence-electron chi connectivity index (χ4n) is 11.9. The predicted molar refractivity (Wildman–Crippen MR) is 357 cm³/mol. The number of rotatable bonds is 21. The topological polar surface area (TPSA) is 195 Å². The zero-order chi connectivity index (χ0) is 66.2. The molecule has 12 bridgehead atoms. The number of ether oxygens (including phenoxy) is 6. The van der Waals surface area contributed by atoms with E-state index in [4.69, 9.17) is 28.4 Å². The molecule has 7 rings (SSSR count). The van der Waals surface area contributed by atoms with Crippen LogP contribution >= 0.6 is 0 Å². The Hall–Kier alpha value is -7.80. The minimum atomic E-state index is -0.419. The van der Waals surface area contributed by atoms with Crippen molar-refractivity contribution in [3.8, 4) is 34.5 Å². The summed E-state index contributed by atoms with van der Waals surface area (Å²) in [6, 6.07) is 22.1. The third-order valence-corrected chi connectivity index (χ3v) is 16.5. The van der Waals surface area contributed by atoms with E-state index >= 15 is 0 Å². The molecule has 0 aromatic heterocycles. The van der Waals surface area contributed by atoms with Gasteiger partial charge in [0.1, 0.15) is 34.5 Å². The molecular weight excluding hydrogens is 1140 g/mol. The molecule has 90 heavy (non-hydrogen) atoms. The average molecular weight is 1240 g/mol. The maximum atomic E-state index is 13.3. The standard InChI is InChI=1S/C72H96N6O12/c1-70(2,3)58-34-46-28-52-40-61(76(79)80)42-54(64(52)85-16)30-48-36-59(71(4,5)6)38-50(68(48)89-26-20-23-74(12)13)32-56-44-63(78(83)84)45-57(66(56)87-18)33-51-39-60(72(7,8)9)37-49(69(51)90-27-21-24-75(14)15)31-55-43-62(77(81)82)41-53(65(55)86-17)29-47(35-58)67(46)88-25-19-22-73(10)11/h34-45H,19-33H2,1-18H3. The molecule has 1 aliphatic carbocycles. The molecule has 0 unspecified atom stereocenters. The van der Waals surface area contributed by atoms with Gasteiger partial charge in [-0.15, -0.1) is 0 Å². The summed E-state index contributed by atoms with van der Waals surface area (Å²) in [6.07, 6.45) is 2.93. The van der Waals surface area contributed by atoms with Crippen molar-refractivity contribution in [2.24, 2.45) is 0 Å². The van der Waals surface area contributed by atoms with Crippen LogP contribution in [0, 0.1) is 30.3 Å². The number of nitro benzene ring substituents is 3. The third-order valence-electron chi connectivity index (χ3n) is 16.5. The van der Waals surface area contributed by atoms with Crippen molar-refractivity contribution >= 4 is 17.1 Å². The molecule has 0 saturated heterocycles. The molecule has 0 fully saturated rings. The summed E-state index contributed by atoms with van der Waals surface area (Å²) >= 11 is 0. The monoisotopic (exact) mass is 1240 g/mol. The molecule has 6 aromatic carbocycles. The van der Waals surface area contributed by atoms with Gasteiger partial charge in [-0.25, -0.2) is 0 Å². The Morgan fingerprint density at radius 1 is 0.333 bits per heavy atom. The van der Waals surface area contributed by atoms with Gasteiger partial charge < -0.3 is 43.1 Å². The Morgan fingerprint density at radius 2 is 0.511 bits per heavy atom. The molecule has 0 spiro atoms. The van der Waals surface area contributed by atoms with Crippen LogP contribution in [0.15, 0.2) is 72.8 Å². The lowest BCUT2D eigenvalue weighted by Gasteiger charge is -2.27. The maximum Gasteiger partial charge on any atom is 0.270 e. The second-order valence-corrected chi connectivity index (χ2v) is 27.9. The zero-order valence-corrected chi connectivity index (χ0v) is 56.6. The third kappa shape index (κ3) is 17.6. The van der Waals surface area contributed by atoms with Gasteiger partial charge in [-0.2, -0.15) is 0 Å². The van der Waals surface area contributed by atoms with E-state index in [2.05, 4.69) is 113 Å². The van der Waals surface area contributed by atoms with Crippen LogP contribution in [0.3, 0.4) is 0 Å². The minimum Gasteiger partial charge on any atom is -0.496 e. The zero-order valence-electron chi connectivity index (χ0n) is 56.6. The largest absolute Gasteiger partial charge is 0.496 e. The number of hydrogen-bond acceptors (Lipinski definition) is 15. The summed E-state index contributed by atoms with van der Waals surface area (Å²) in [6.45, 7) is 22.3. The molecule has 0 aliphatic heterocycles. The van der Waals surface area contributed by atoms with Gasteiger partial charge in [-0.1, -0.05) is 98.7 Å². The van der Waals surface area contributed by atoms with Crippen molar-refractivity contribution in [1.29, 1.82) is 0 Å². The lowest BCUT2D eigenvalue weighted by atomic mass is 9.81. The fourth-order valence-corrected chi connectivity index (χ4v) is 11.9. The summed E-state index contributed by atoms with van der Waals surface area (Å²) in [4.78, 5) is 45.0. The highest BCUT2D eigenvalue weighted by atomic mass is 16.6. The normalized spacial score (nSPS) is 13.0. The summed E-state index contributed by atoms with van der Waals surface area (Å²) < 4.78 is 40.3. The van der Waals surface area contributed by atoms with Gasteiger partial charge in [0.2, 0.25) is 0 Å². The van der Waals surface area contributed by atoms with Crippen LogP contribution in [0.2, 0.25) is 0 Å². The molecule has 0 atom stereocenters. The summed E-state index contributed by atoms with van der Waals surface area (Å²) in [5.41, 5.74) is 9.02. The number of hydrogen-bond donors (Lipinski definition) is 0. The quantitative estimate of drug-likeness (QED) is 0.0374. The first-order valence-electron chi connectivity index (χ1n) is 31.1. The Bertz CT molecular complexity index is 3060. The number of nitro groups is 3. The number of non-ortho nitro benzene ring substituents is 3. The van der Waals surface area contributed by atoms with Gasteiger partial charge in [0.15, 0.2) is 0 Å². The lowest BCUT2D eigenvalue weighted by molar-refractivity contribution is -0.385. The first-order valence-corrected chi connectivity index (χ1v) is 31.1. The molecule has 6 aromatic rings. The smallest absolute Gasteiger partial charge is 0.270 e. The number of nitrogens with zero attached hydrogens (tertiary/aromatic N) is 6. The van der Waals surface area contributed by atoms with Crippen molar-refractivity contribution in [1.82, 2.24) is 14.7 Å².